The van der Waals surface area contributed by atoms with Crippen LogP contribution in [0.4, 0.5) is 11.4 Å². The molecule has 1 aromatic carbocycles. The molecule has 0 saturated carbocycles. The number of hydrogen-bond acceptors (Lipinski definition) is 4. The van der Waals surface area contributed by atoms with E-state index in [0.717, 1.165) is 42.1 Å². The number of nitro benzene ring substituents is 1. The topological polar surface area (TPSA) is 46.4 Å². The van der Waals surface area contributed by atoms with Crippen molar-refractivity contribution in [1.82, 2.24) is 0 Å². The quantitative estimate of drug-likeness (QED) is 0.629. The van der Waals surface area contributed by atoms with E-state index >= 15 is 0 Å². The van der Waals surface area contributed by atoms with Gasteiger partial charge in [0.15, 0.2) is 0 Å². The van der Waals surface area contributed by atoms with Crippen molar-refractivity contribution in [2.24, 2.45) is 0 Å². The normalized spacial score (nSPS) is 14.8. The molecule has 2 aromatic rings. The van der Waals surface area contributed by atoms with Crippen molar-refractivity contribution in [2.75, 3.05) is 18.0 Å². The van der Waals surface area contributed by atoms with Crippen LogP contribution >= 0.6 is 11.3 Å². The number of benzene rings is 1. The molecule has 19 heavy (non-hydrogen) atoms. The maximum Gasteiger partial charge on any atom is 0.292 e. The number of nitrogens with zero attached hydrogens (tertiary/aromatic N) is 2. The van der Waals surface area contributed by atoms with Crippen molar-refractivity contribution in [1.29, 1.82) is 0 Å². The van der Waals surface area contributed by atoms with Crippen molar-refractivity contribution in [3.63, 3.8) is 0 Å². The van der Waals surface area contributed by atoms with Gasteiger partial charge in [-0.3, -0.25) is 10.1 Å². The highest BCUT2D eigenvalue weighted by molar-refractivity contribution is 7.13. The highest BCUT2D eigenvalue weighted by Gasteiger charge is 2.22. The van der Waals surface area contributed by atoms with E-state index in [-0.39, 0.29) is 10.6 Å². The van der Waals surface area contributed by atoms with Gasteiger partial charge in [-0.05, 0) is 42.0 Å². The number of anilines is 1. The summed E-state index contributed by atoms with van der Waals surface area (Å²) in [6.45, 7) is 1.82. The number of hydrogen-bond donors (Lipinski definition) is 0. The van der Waals surface area contributed by atoms with Crippen LogP contribution in [0.15, 0.2) is 35.7 Å². The van der Waals surface area contributed by atoms with Crippen LogP contribution in [0.1, 0.15) is 12.8 Å². The molecule has 1 aliphatic heterocycles. The largest absolute Gasteiger partial charge is 0.366 e. The maximum absolute atomic E-state index is 11.2. The van der Waals surface area contributed by atoms with Crippen molar-refractivity contribution < 1.29 is 4.92 Å². The Labute approximate surface area is 115 Å². The summed E-state index contributed by atoms with van der Waals surface area (Å²) in [7, 11) is 0. The van der Waals surface area contributed by atoms with Crippen LogP contribution in [-0.4, -0.2) is 18.0 Å². The summed E-state index contributed by atoms with van der Waals surface area (Å²) >= 11 is 1.65. The molecule has 0 aliphatic carbocycles. The van der Waals surface area contributed by atoms with E-state index in [1.807, 2.05) is 29.6 Å². The van der Waals surface area contributed by atoms with E-state index in [0.29, 0.717) is 0 Å². The Balaban J connectivity index is 2.06. The molecule has 98 valence electrons. The summed E-state index contributed by atoms with van der Waals surface area (Å²) in [4.78, 5) is 14.1. The first-order valence-corrected chi connectivity index (χ1v) is 7.21. The second kappa shape index (κ2) is 5.01. The first-order valence-electron chi connectivity index (χ1n) is 6.33. The smallest absolute Gasteiger partial charge is 0.292 e. The Bertz CT molecular complexity index is 589. The number of nitro groups is 1. The Morgan fingerprint density at radius 2 is 2.00 bits per heavy atom. The van der Waals surface area contributed by atoms with Gasteiger partial charge in [0, 0.05) is 24.0 Å². The average Bonchev–Trinajstić information content (AvgIpc) is 3.11. The second-order valence-electron chi connectivity index (χ2n) is 4.63. The van der Waals surface area contributed by atoms with Crippen molar-refractivity contribution >= 4 is 22.7 Å². The summed E-state index contributed by atoms with van der Waals surface area (Å²) < 4.78 is 0. The van der Waals surface area contributed by atoms with Gasteiger partial charge in [-0.25, -0.2) is 0 Å². The van der Waals surface area contributed by atoms with Crippen molar-refractivity contribution in [3.8, 4) is 10.4 Å². The predicted molar refractivity (Wildman–Crippen MR) is 77.9 cm³/mol. The van der Waals surface area contributed by atoms with Crippen LogP contribution in [0.25, 0.3) is 10.4 Å². The minimum Gasteiger partial charge on any atom is -0.366 e. The van der Waals surface area contributed by atoms with Gasteiger partial charge in [0.05, 0.1) is 4.92 Å². The molecule has 0 bridgehead atoms. The zero-order valence-corrected chi connectivity index (χ0v) is 11.2. The van der Waals surface area contributed by atoms with E-state index in [1.165, 1.54) is 0 Å². The summed E-state index contributed by atoms with van der Waals surface area (Å²) in [5.74, 6) is 0. The van der Waals surface area contributed by atoms with Gasteiger partial charge in [0.25, 0.3) is 5.69 Å². The van der Waals surface area contributed by atoms with Crippen LogP contribution in [0.2, 0.25) is 0 Å². The van der Waals surface area contributed by atoms with Gasteiger partial charge in [0.1, 0.15) is 5.69 Å². The Morgan fingerprint density at radius 1 is 1.21 bits per heavy atom. The average molecular weight is 274 g/mol. The number of rotatable bonds is 3. The predicted octanol–water partition coefficient (Wildman–Crippen LogP) is 3.92. The lowest BCUT2D eigenvalue weighted by Gasteiger charge is -2.18. The highest BCUT2D eigenvalue weighted by atomic mass is 32.1. The maximum atomic E-state index is 11.2. The molecule has 1 fully saturated rings. The van der Waals surface area contributed by atoms with E-state index in [1.54, 1.807) is 17.4 Å². The monoisotopic (exact) mass is 274 g/mol. The van der Waals surface area contributed by atoms with Crippen LogP contribution in [0.3, 0.4) is 0 Å². The second-order valence-corrected chi connectivity index (χ2v) is 5.58. The van der Waals surface area contributed by atoms with E-state index in [2.05, 4.69) is 4.90 Å². The van der Waals surface area contributed by atoms with E-state index in [4.69, 9.17) is 0 Å². The minimum atomic E-state index is -0.286. The summed E-state index contributed by atoms with van der Waals surface area (Å²) in [6.07, 6.45) is 2.22. The molecule has 0 atom stereocenters. The zero-order valence-electron chi connectivity index (χ0n) is 10.4. The molecule has 4 nitrogen and oxygen atoms in total. The third-order valence-electron chi connectivity index (χ3n) is 3.42. The fourth-order valence-corrected chi connectivity index (χ4v) is 3.21. The first kappa shape index (κ1) is 12.2. The van der Waals surface area contributed by atoms with Crippen molar-refractivity contribution in [3.05, 3.63) is 45.8 Å². The van der Waals surface area contributed by atoms with Gasteiger partial charge in [0.2, 0.25) is 0 Å². The molecule has 0 N–H and O–H groups in total. The fourth-order valence-electron chi connectivity index (χ4n) is 2.49. The van der Waals surface area contributed by atoms with Crippen LogP contribution in [-0.2, 0) is 0 Å². The van der Waals surface area contributed by atoms with Crippen molar-refractivity contribution in [2.45, 2.75) is 12.8 Å². The molecule has 0 radical (unpaired) electrons. The minimum absolute atomic E-state index is 0.210. The molecule has 0 unspecified atom stereocenters. The Kier molecular flexibility index (Phi) is 3.21. The van der Waals surface area contributed by atoms with E-state index < -0.39 is 0 Å². The van der Waals surface area contributed by atoms with Gasteiger partial charge in [-0.15, -0.1) is 11.3 Å². The molecule has 3 rings (SSSR count). The van der Waals surface area contributed by atoms with Crippen LogP contribution < -0.4 is 4.90 Å². The van der Waals surface area contributed by atoms with E-state index in [9.17, 15) is 10.1 Å². The zero-order chi connectivity index (χ0) is 13.2. The lowest BCUT2D eigenvalue weighted by atomic mass is 10.1. The molecule has 1 saturated heterocycles. The molecular formula is C14H14N2O2S. The summed E-state index contributed by atoms with van der Waals surface area (Å²) in [5, 5.41) is 13.2. The fraction of sp³-hybridized carbons (Fsp3) is 0.286. The van der Waals surface area contributed by atoms with Crippen LogP contribution in [0, 0.1) is 10.1 Å². The molecule has 0 amide bonds. The lowest BCUT2D eigenvalue weighted by Crippen LogP contribution is -2.18. The van der Waals surface area contributed by atoms with Gasteiger partial charge < -0.3 is 4.90 Å². The molecule has 5 heteroatoms. The SMILES string of the molecule is O=[N+]([O-])c1ccc(-c2cccs2)cc1N1CCCC1. The van der Waals surface area contributed by atoms with Gasteiger partial charge in [-0.2, -0.15) is 0 Å². The van der Waals surface area contributed by atoms with Gasteiger partial charge in [-0.1, -0.05) is 6.07 Å². The highest BCUT2D eigenvalue weighted by Crippen LogP contribution is 2.36. The molecular weight excluding hydrogens is 260 g/mol. The summed E-state index contributed by atoms with van der Waals surface area (Å²) in [6, 6.07) is 9.46. The lowest BCUT2D eigenvalue weighted by molar-refractivity contribution is -0.384. The Morgan fingerprint density at radius 3 is 2.63 bits per heavy atom. The van der Waals surface area contributed by atoms with Gasteiger partial charge >= 0.3 is 0 Å². The third kappa shape index (κ3) is 2.33. The third-order valence-corrected chi connectivity index (χ3v) is 4.34. The first-order chi connectivity index (χ1) is 9.25. The standard InChI is InChI=1S/C14H14N2O2S/c17-16(18)12-6-5-11(14-4-3-9-19-14)10-13(12)15-7-1-2-8-15/h3-6,9-10H,1-2,7-8H2. The molecule has 2 heterocycles. The summed E-state index contributed by atoms with van der Waals surface area (Å²) in [5.41, 5.74) is 2.03. The van der Waals surface area contributed by atoms with Crippen LogP contribution in [0.5, 0.6) is 0 Å². The molecule has 0 spiro atoms. The number of thiophene rings is 1. The Hall–Kier alpha value is -1.88. The molecule has 1 aromatic heterocycles. The molecule has 1 aliphatic rings.